The number of halogens is 4. The van der Waals surface area contributed by atoms with Crippen molar-refractivity contribution < 1.29 is 17.6 Å². The van der Waals surface area contributed by atoms with Crippen LogP contribution in [-0.4, -0.2) is 41.4 Å². The lowest BCUT2D eigenvalue weighted by Crippen LogP contribution is -2.47. The van der Waals surface area contributed by atoms with Crippen LogP contribution < -0.4 is 9.80 Å². The average molecular weight is 374 g/mol. The van der Waals surface area contributed by atoms with Crippen LogP contribution in [0.5, 0.6) is 0 Å². The maximum Gasteiger partial charge on any atom is 0.417 e. The van der Waals surface area contributed by atoms with Gasteiger partial charge in [0.15, 0.2) is 0 Å². The molecule has 1 saturated carbocycles. The van der Waals surface area contributed by atoms with E-state index in [2.05, 4.69) is 15.2 Å². The molecule has 10 heteroatoms. The van der Waals surface area contributed by atoms with Crippen molar-refractivity contribution in [2.45, 2.75) is 24.9 Å². The van der Waals surface area contributed by atoms with E-state index in [1.165, 1.54) is 0 Å². The van der Waals surface area contributed by atoms with Crippen LogP contribution in [0.1, 0.15) is 30.2 Å². The number of anilines is 2. The van der Waals surface area contributed by atoms with E-state index in [-0.39, 0.29) is 5.02 Å². The largest absolute Gasteiger partial charge is 0.417 e. The fourth-order valence-electron chi connectivity index (χ4n) is 2.78. The smallest absolute Gasteiger partial charge is 0.408 e. The molecular formula is C15H15ClF3N5O. The Morgan fingerprint density at radius 2 is 1.76 bits per heavy atom. The second-order valence-corrected chi connectivity index (χ2v) is 6.61. The minimum atomic E-state index is -4.45. The molecule has 2 fully saturated rings. The van der Waals surface area contributed by atoms with Crippen molar-refractivity contribution >= 4 is 23.4 Å². The van der Waals surface area contributed by atoms with Crippen molar-refractivity contribution in [1.82, 2.24) is 15.2 Å². The lowest BCUT2D eigenvalue weighted by atomic mass is 10.2. The Bertz CT molecular complexity index is 769. The van der Waals surface area contributed by atoms with Crippen LogP contribution in [0.15, 0.2) is 16.7 Å². The van der Waals surface area contributed by atoms with Gasteiger partial charge in [0.2, 0.25) is 5.89 Å². The van der Waals surface area contributed by atoms with E-state index in [0.717, 1.165) is 25.1 Å². The highest BCUT2D eigenvalue weighted by Crippen LogP contribution is 2.40. The third-order valence-corrected chi connectivity index (χ3v) is 4.63. The first-order chi connectivity index (χ1) is 11.9. The van der Waals surface area contributed by atoms with E-state index in [9.17, 15) is 13.2 Å². The second-order valence-electron chi connectivity index (χ2n) is 6.20. The molecule has 3 heterocycles. The molecule has 0 spiro atoms. The van der Waals surface area contributed by atoms with Crippen LogP contribution in [0, 0.1) is 0 Å². The standard InChI is InChI=1S/C15H15ClF3N5O/c16-11-7-10(15(17,18)19)8-20-12(11)23-3-5-24(6-4-23)14-22-21-13(25-14)9-1-2-9/h7-9H,1-6H2. The van der Waals surface area contributed by atoms with E-state index in [0.29, 0.717) is 49.8 Å². The molecular weight excluding hydrogens is 359 g/mol. The van der Waals surface area contributed by atoms with Crippen LogP contribution in [0.2, 0.25) is 5.02 Å². The predicted molar refractivity (Wildman–Crippen MR) is 84.9 cm³/mol. The monoisotopic (exact) mass is 373 g/mol. The Hall–Kier alpha value is -2.03. The van der Waals surface area contributed by atoms with Gasteiger partial charge < -0.3 is 14.2 Å². The van der Waals surface area contributed by atoms with Crippen molar-refractivity contribution in [2.24, 2.45) is 0 Å². The summed E-state index contributed by atoms with van der Waals surface area (Å²) >= 11 is 6.01. The van der Waals surface area contributed by atoms with E-state index in [4.69, 9.17) is 16.0 Å². The Kier molecular flexibility index (Phi) is 3.98. The van der Waals surface area contributed by atoms with Gasteiger partial charge >= 0.3 is 12.2 Å². The molecule has 25 heavy (non-hydrogen) atoms. The van der Waals surface area contributed by atoms with Crippen molar-refractivity contribution in [1.29, 1.82) is 0 Å². The van der Waals surface area contributed by atoms with Crippen molar-refractivity contribution in [3.63, 3.8) is 0 Å². The summed E-state index contributed by atoms with van der Waals surface area (Å²) in [6.45, 7) is 2.31. The maximum atomic E-state index is 12.7. The number of alkyl halides is 3. The highest BCUT2D eigenvalue weighted by atomic mass is 35.5. The van der Waals surface area contributed by atoms with Crippen LogP contribution in [0.4, 0.5) is 25.0 Å². The lowest BCUT2D eigenvalue weighted by Gasteiger charge is -2.34. The van der Waals surface area contributed by atoms with Gasteiger partial charge in [-0.25, -0.2) is 4.98 Å². The van der Waals surface area contributed by atoms with E-state index < -0.39 is 11.7 Å². The van der Waals surface area contributed by atoms with E-state index in [1.54, 1.807) is 0 Å². The van der Waals surface area contributed by atoms with Gasteiger partial charge in [0.25, 0.3) is 0 Å². The molecule has 134 valence electrons. The SMILES string of the molecule is FC(F)(F)c1cnc(N2CCN(c3nnc(C4CC4)o3)CC2)c(Cl)c1. The van der Waals surface area contributed by atoms with Crippen molar-refractivity contribution in [3.05, 3.63) is 28.7 Å². The molecule has 1 saturated heterocycles. The molecule has 0 amide bonds. The Morgan fingerprint density at radius 3 is 2.36 bits per heavy atom. The van der Waals surface area contributed by atoms with Gasteiger partial charge in [0.05, 0.1) is 10.6 Å². The highest BCUT2D eigenvalue weighted by Gasteiger charge is 2.33. The topological polar surface area (TPSA) is 58.3 Å². The summed E-state index contributed by atoms with van der Waals surface area (Å²) < 4.78 is 43.8. The van der Waals surface area contributed by atoms with Crippen LogP contribution >= 0.6 is 11.6 Å². The number of rotatable bonds is 3. The minimum Gasteiger partial charge on any atom is -0.408 e. The summed E-state index contributed by atoms with van der Waals surface area (Å²) in [4.78, 5) is 7.73. The molecule has 0 atom stereocenters. The fourth-order valence-corrected chi connectivity index (χ4v) is 3.06. The first-order valence-corrected chi connectivity index (χ1v) is 8.35. The lowest BCUT2D eigenvalue weighted by molar-refractivity contribution is -0.137. The predicted octanol–water partition coefficient (Wildman–Crippen LogP) is 3.34. The van der Waals surface area contributed by atoms with Crippen molar-refractivity contribution in [3.8, 4) is 0 Å². The molecule has 1 aliphatic carbocycles. The minimum absolute atomic E-state index is 0.00270. The van der Waals surface area contributed by atoms with Gasteiger partial charge in [0.1, 0.15) is 5.82 Å². The summed E-state index contributed by atoms with van der Waals surface area (Å²) in [6.07, 6.45) is -1.46. The molecule has 2 aromatic rings. The van der Waals surface area contributed by atoms with Crippen LogP contribution in [-0.2, 0) is 6.18 Å². The third kappa shape index (κ3) is 3.37. The molecule has 2 aliphatic rings. The molecule has 1 aliphatic heterocycles. The molecule has 0 unspecified atom stereocenters. The van der Waals surface area contributed by atoms with Gasteiger partial charge in [0, 0.05) is 38.3 Å². The Morgan fingerprint density at radius 1 is 1.08 bits per heavy atom. The zero-order valence-electron chi connectivity index (χ0n) is 13.1. The quantitative estimate of drug-likeness (QED) is 0.822. The number of hydrogen-bond acceptors (Lipinski definition) is 6. The zero-order chi connectivity index (χ0) is 17.6. The van der Waals surface area contributed by atoms with Crippen LogP contribution in [0.3, 0.4) is 0 Å². The molecule has 2 aromatic heterocycles. The van der Waals surface area contributed by atoms with Crippen LogP contribution in [0.25, 0.3) is 0 Å². The Balaban J connectivity index is 1.42. The third-order valence-electron chi connectivity index (χ3n) is 4.36. The zero-order valence-corrected chi connectivity index (χ0v) is 13.9. The summed E-state index contributed by atoms with van der Waals surface area (Å²) in [5, 5.41) is 8.14. The molecule has 0 N–H and O–H groups in total. The summed E-state index contributed by atoms with van der Waals surface area (Å²) in [6, 6.07) is 1.41. The van der Waals surface area contributed by atoms with Gasteiger partial charge in [-0.1, -0.05) is 16.7 Å². The maximum absolute atomic E-state index is 12.7. The molecule has 4 rings (SSSR count). The molecule has 6 nitrogen and oxygen atoms in total. The number of nitrogens with zero attached hydrogens (tertiary/aromatic N) is 5. The molecule has 0 aromatic carbocycles. The molecule has 0 radical (unpaired) electrons. The van der Waals surface area contributed by atoms with Gasteiger partial charge in [-0.3, -0.25) is 0 Å². The van der Waals surface area contributed by atoms with E-state index in [1.807, 2.05) is 9.80 Å². The van der Waals surface area contributed by atoms with Gasteiger partial charge in [-0.15, -0.1) is 5.10 Å². The van der Waals surface area contributed by atoms with Crippen molar-refractivity contribution in [2.75, 3.05) is 36.0 Å². The summed E-state index contributed by atoms with van der Waals surface area (Å²) in [7, 11) is 0. The highest BCUT2D eigenvalue weighted by molar-refractivity contribution is 6.33. The first-order valence-electron chi connectivity index (χ1n) is 7.98. The fraction of sp³-hybridized carbons (Fsp3) is 0.533. The Labute approximate surface area is 146 Å². The number of aromatic nitrogens is 3. The number of pyridine rings is 1. The first kappa shape index (κ1) is 16.4. The van der Waals surface area contributed by atoms with Gasteiger partial charge in [-0.05, 0) is 18.9 Å². The van der Waals surface area contributed by atoms with Gasteiger partial charge in [-0.2, -0.15) is 13.2 Å². The number of hydrogen-bond donors (Lipinski definition) is 0. The summed E-state index contributed by atoms with van der Waals surface area (Å²) in [5.41, 5.74) is -0.849. The molecule has 0 bridgehead atoms. The summed E-state index contributed by atoms with van der Waals surface area (Å²) in [5.74, 6) is 1.45. The second kappa shape index (κ2) is 6.05. The number of piperazine rings is 1. The van der Waals surface area contributed by atoms with E-state index >= 15 is 0 Å². The normalized spacial score (nSPS) is 18.7. The average Bonchev–Trinajstić information content (AvgIpc) is 3.31.